The van der Waals surface area contributed by atoms with Crippen molar-refractivity contribution in [2.75, 3.05) is 0 Å². The summed E-state index contributed by atoms with van der Waals surface area (Å²) in [7, 11) is 1.93. The van der Waals surface area contributed by atoms with E-state index < -0.39 is 0 Å². The zero-order valence-corrected chi connectivity index (χ0v) is 10.6. The number of aromatic hydroxyl groups is 1. The molecule has 0 fully saturated rings. The maximum absolute atomic E-state index is 9.48. The van der Waals surface area contributed by atoms with E-state index in [1.54, 1.807) is 18.3 Å². The molecule has 0 amide bonds. The third-order valence-electron chi connectivity index (χ3n) is 3.08. The summed E-state index contributed by atoms with van der Waals surface area (Å²) >= 11 is 0. The molecular formula is C15H14N2O2. The number of fused-ring (bicyclic) bond motifs is 1. The smallest absolute Gasteiger partial charge is 0.146 e. The monoisotopic (exact) mass is 254 g/mol. The number of nitrogens with zero attached hydrogens (tertiary/aromatic N) is 2. The Labute approximate surface area is 110 Å². The number of aryl methyl sites for hydroxylation is 1. The van der Waals surface area contributed by atoms with Gasteiger partial charge in [-0.3, -0.25) is 0 Å². The highest BCUT2D eigenvalue weighted by molar-refractivity contribution is 5.85. The number of phenols is 1. The Morgan fingerprint density at radius 1 is 1.16 bits per heavy atom. The summed E-state index contributed by atoms with van der Waals surface area (Å²) in [5.74, 6) is 1.89. The van der Waals surface area contributed by atoms with Crippen molar-refractivity contribution >= 4 is 10.8 Å². The molecule has 0 unspecified atom stereocenters. The largest absolute Gasteiger partial charge is 0.508 e. The van der Waals surface area contributed by atoms with Crippen LogP contribution in [0.4, 0.5) is 0 Å². The molecule has 0 spiro atoms. The van der Waals surface area contributed by atoms with Gasteiger partial charge in [-0.15, -0.1) is 0 Å². The molecule has 0 aliphatic heterocycles. The third-order valence-corrected chi connectivity index (χ3v) is 3.08. The van der Waals surface area contributed by atoms with E-state index in [2.05, 4.69) is 4.98 Å². The molecule has 3 rings (SSSR count). The molecule has 2 aromatic carbocycles. The van der Waals surface area contributed by atoms with E-state index in [9.17, 15) is 5.11 Å². The van der Waals surface area contributed by atoms with Gasteiger partial charge in [0.25, 0.3) is 0 Å². The average molecular weight is 254 g/mol. The maximum Gasteiger partial charge on any atom is 0.146 e. The van der Waals surface area contributed by atoms with Gasteiger partial charge < -0.3 is 14.4 Å². The van der Waals surface area contributed by atoms with Crippen molar-refractivity contribution in [1.82, 2.24) is 9.55 Å². The van der Waals surface area contributed by atoms with Gasteiger partial charge in [-0.25, -0.2) is 4.98 Å². The van der Waals surface area contributed by atoms with Gasteiger partial charge in [-0.1, -0.05) is 12.1 Å². The second-order valence-corrected chi connectivity index (χ2v) is 4.44. The summed E-state index contributed by atoms with van der Waals surface area (Å²) in [5, 5.41) is 11.5. The van der Waals surface area contributed by atoms with Gasteiger partial charge in [0.15, 0.2) is 0 Å². The molecule has 0 saturated heterocycles. The molecule has 1 aromatic heterocycles. The minimum Gasteiger partial charge on any atom is -0.508 e. The van der Waals surface area contributed by atoms with Gasteiger partial charge in [0.1, 0.15) is 23.9 Å². The van der Waals surface area contributed by atoms with Crippen molar-refractivity contribution in [2.24, 2.45) is 7.05 Å². The Hall–Kier alpha value is -2.49. The number of hydrogen-bond acceptors (Lipinski definition) is 3. The van der Waals surface area contributed by atoms with E-state index in [1.807, 2.05) is 42.1 Å². The lowest BCUT2D eigenvalue weighted by atomic mass is 10.1. The first kappa shape index (κ1) is 11.6. The highest BCUT2D eigenvalue weighted by Gasteiger charge is 2.02. The first-order valence-electron chi connectivity index (χ1n) is 6.04. The predicted octanol–water partition coefficient (Wildman–Crippen LogP) is 2.86. The number of phenolic OH excluding ortho intramolecular Hbond substituents is 1. The van der Waals surface area contributed by atoms with Gasteiger partial charge in [-0.2, -0.15) is 0 Å². The number of imidazole rings is 1. The van der Waals surface area contributed by atoms with Crippen molar-refractivity contribution in [1.29, 1.82) is 0 Å². The van der Waals surface area contributed by atoms with Crippen LogP contribution in [0.15, 0.2) is 48.8 Å². The molecule has 0 atom stereocenters. The van der Waals surface area contributed by atoms with Gasteiger partial charge in [0.2, 0.25) is 0 Å². The highest BCUT2D eigenvalue weighted by Crippen LogP contribution is 2.24. The van der Waals surface area contributed by atoms with Crippen LogP contribution in [0, 0.1) is 0 Å². The molecule has 3 aromatic rings. The number of hydrogen-bond donors (Lipinski definition) is 1. The summed E-state index contributed by atoms with van der Waals surface area (Å²) in [6, 6.07) is 11.1. The van der Waals surface area contributed by atoms with Gasteiger partial charge >= 0.3 is 0 Å². The zero-order chi connectivity index (χ0) is 13.2. The quantitative estimate of drug-likeness (QED) is 0.781. The van der Waals surface area contributed by atoms with Crippen LogP contribution in [0.5, 0.6) is 11.5 Å². The van der Waals surface area contributed by atoms with Gasteiger partial charge in [0.05, 0.1) is 0 Å². The van der Waals surface area contributed by atoms with Crippen LogP contribution < -0.4 is 4.74 Å². The first-order valence-corrected chi connectivity index (χ1v) is 6.04. The molecule has 4 nitrogen and oxygen atoms in total. The number of benzene rings is 2. The van der Waals surface area contributed by atoms with Gasteiger partial charge in [-0.05, 0) is 35.0 Å². The van der Waals surface area contributed by atoms with E-state index in [4.69, 9.17) is 4.74 Å². The summed E-state index contributed by atoms with van der Waals surface area (Å²) in [5.41, 5.74) is 0. The maximum atomic E-state index is 9.48. The lowest BCUT2D eigenvalue weighted by Gasteiger charge is -2.07. The lowest BCUT2D eigenvalue weighted by Crippen LogP contribution is -2.02. The predicted molar refractivity (Wildman–Crippen MR) is 73.2 cm³/mol. The number of aromatic nitrogens is 2. The SMILES string of the molecule is Cn1ccnc1COc1ccc2ccc(O)cc2c1. The Balaban J connectivity index is 1.83. The zero-order valence-electron chi connectivity index (χ0n) is 10.6. The van der Waals surface area contributed by atoms with Crippen molar-refractivity contribution in [3.63, 3.8) is 0 Å². The molecule has 19 heavy (non-hydrogen) atoms. The fourth-order valence-corrected chi connectivity index (χ4v) is 1.99. The number of rotatable bonds is 3. The summed E-state index contributed by atoms with van der Waals surface area (Å²) in [6.07, 6.45) is 3.63. The molecule has 0 aliphatic rings. The molecule has 1 heterocycles. The lowest BCUT2D eigenvalue weighted by molar-refractivity contribution is 0.292. The van der Waals surface area contributed by atoms with E-state index >= 15 is 0 Å². The average Bonchev–Trinajstić information content (AvgIpc) is 2.81. The minimum atomic E-state index is 0.258. The summed E-state index contributed by atoms with van der Waals surface area (Å²) in [4.78, 5) is 4.21. The Bertz CT molecular complexity index is 719. The minimum absolute atomic E-state index is 0.258. The fourth-order valence-electron chi connectivity index (χ4n) is 1.99. The van der Waals surface area contributed by atoms with Crippen molar-refractivity contribution in [3.05, 3.63) is 54.6 Å². The Morgan fingerprint density at radius 3 is 2.79 bits per heavy atom. The second-order valence-electron chi connectivity index (χ2n) is 4.44. The van der Waals surface area contributed by atoms with Crippen LogP contribution in [0.1, 0.15) is 5.82 Å². The second kappa shape index (κ2) is 4.65. The van der Waals surface area contributed by atoms with Crippen LogP contribution in [0.2, 0.25) is 0 Å². The van der Waals surface area contributed by atoms with Crippen LogP contribution in [0.25, 0.3) is 10.8 Å². The molecule has 0 radical (unpaired) electrons. The van der Waals surface area contributed by atoms with Crippen molar-refractivity contribution < 1.29 is 9.84 Å². The van der Waals surface area contributed by atoms with E-state index in [-0.39, 0.29) is 5.75 Å². The fraction of sp³-hybridized carbons (Fsp3) is 0.133. The van der Waals surface area contributed by atoms with Crippen molar-refractivity contribution in [3.8, 4) is 11.5 Å². The molecule has 96 valence electrons. The summed E-state index contributed by atoms with van der Waals surface area (Å²) < 4.78 is 7.64. The molecule has 1 N–H and O–H groups in total. The first-order chi connectivity index (χ1) is 9.22. The van der Waals surface area contributed by atoms with Crippen LogP contribution in [-0.2, 0) is 13.7 Å². The van der Waals surface area contributed by atoms with Crippen LogP contribution >= 0.6 is 0 Å². The van der Waals surface area contributed by atoms with E-state index in [0.717, 1.165) is 22.3 Å². The standard InChI is InChI=1S/C15H14N2O2/c1-17-7-6-16-15(17)10-19-14-5-3-11-2-4-13(18)8-12(11)9-14/h2-9,18H,10H2,1H3. The van der Waals surface area contributed by atoms with Gasteiger partial charge in [0, 0.05) is 19.4 Å². The third kappa shape index (κ3) is 2.38. The normalized spacial score (nSPS) is 10.8. The van der Waals surface area contributed by atoms with E-state index in [1.165, 1.54) is 0 Å². The number of ether oxygens (including phenoxy) is 1. The Kier molecular flexibility index (Phi) is 2.83. The highest BCUT2D eigenvalue weighted by atomic mass is 16.5. The molecular weight excluding hydrogens is 240 g/mol. The summed E-state index contributed by atoms with van der Waals surface area (Å²) in [6.45, 7) is 0.424. The van der Waals surface area contributed by atoms with E-state index in [0.29, 0.717) is 6.61 Å². The Morgan fingerprint density at radius 2 is 2.00 bits per heavy atom. The molecule has 4 heteroatoms. The molecule has 0 saturated carbocycles. The topological polar surface area (TPSA) is 47.3 Å². The molecule has 0 aliphatic carbocycles. The van der Waals surface area contributed by atoms with Crippen molar-refractivity contribution in [2.45, 2.75) is 6.61 Å². The van der Waals surface area contributed by atoms with Crippen LogP contribution in [0.3, 0.4) is 0 Å². The molecule has 0 bridgehead atoms. The van der Waals surface area contributed by atoms with Crippen LogP contribution in [-0.4, -0.2) is 14.7 Å².